The van der Waals surface area contributed by atoms with Gasteiger partial charge in [0.1, 0.15) is 11.9 Å². The molecule has 0 spiro atoms. The van der Waals surface area contributed by atoms with Crippen LogP contribution in [-0.2, 0) is 20.9 Å². The smallest absolute Gasteiger partial charge is 0.326 e. The number of piperazine rings is 1. The lowest BCUT2D eigenvalue weighted by molar-refractivity contribution is -0.162. The van der Waals surface area contributed by atoms with Crippen LogP contribution in [0, 0.1) is 5.82 Å². The second-order valence-electron chi connectivity index (χ2n) is 5.11. The number of carbonyl (C=O) groups excluding carboxylic acids is 2. The molecule has 0 aliphatic carbocycles. The normalized spacial score (nSPS) is 16.8. The zero-order valence-electron chi connectivity index (χ0n) is 12.2. The molecular weight excluding hydrogens is 291 g/mol. The topological polar surface area (TPSA) is 77.9 Å². The molecule has 2 rings (SSSR count). The molecule has 1 fully saturated rings. The van der Waals surface area contributed by atoms with E-state index in [0.29, 0.717) is 5.56 Å². The lowest BCUT2D eigenvalue weighted by Gasteiger charge is -2.36. The van der Waals surface area contributed by atoms with E-state index in [0.717, 1.165) is 4.90 Å². The Bertz CT molecular complexity index is 588. The van der Waals surface area contributed by atoms with Gasteiger partial charge in [-0.3, -0.25) is 9.59 Å². The molecule has 1 aliphatic rings. The van der Waals surface area contributed by atoms with Crippen LogP contribution < -0.4 is 0 Å². The van der Waals surface area contributed by atoms with Crippen LogP contribution in [-0.4, -0.2) is 51.8 Å². The molecule has 22 heavy (non-hydrogen) atoms. The molecule has 1 aromatic carbocycles. The number of rotatable bonds is 5. The average Bonchev–Trinajstić information content (AvgIpc) is 2.49. The molecule has 1 aliphatic heterocycles. The molecule has 118 valence electrons. The van der Waals surface area contributed by atoms with Crippen molar-refractivity contribution >= 4 is 17.8 Å². The third kappa shape index (κ3) is 3.24. The number of hydrogen-bond donors (Lipinski definition) is 1. The fourth-order valence-electron chi connectivity index (χ4n) is 2.48. The third-order valence-electron chi connectivity index (χ3n) is 3.68. The Labute approximate surface area is 127 Å². The third-order valence-corrected chi connectivity index (χ3v) is 3.68. The van der Waals surface area contributed by atoms with Gasteiger partial charge in [-0.15, -0.1) is 0 Å². The number of aliphatic carboxylic acids is 1. The first-order valence-corrected chi connectivity index (χ1v) is 7.01. The number of carbonyl (C=O) groups is 3. The highest BCUT2D eigenvalue weighted by atomic mass is 19.1. The molecular formula is C15H17FN2O4. The van der Waals surface area contributed by atoms with Crippen molar-refractivity contribution in [3.05, 3.63) is 35.6 Å². The van der Waals surface area contributed by atoms with Crippen molar-refractivity contribution in [2.75, 3.05) is 13.1 Å². The number of amides is 2. The SMILES string of the molecule is CCC(C(=O)O)N1CCN(Cc2ccc(F)cc2)C(=O)C1=O. The van der Waals surface area contributed by atoms with Gasteiger partial charge in [0, 0.05) is 19.6 Å². The number of carboxylic acids is 1. The van der Waals surface area contributed by atoms with Crippen LogP contribution in [0.3, 0.4) is 0 Å². The summed E-state index contributed by atoms with van der Waals surface area (Å²) >= 11 is 0. The number of nitrogens with zero attached hydrogens (tertiary/aromatic N) is 2. The minimum atomic E-state index is -1.12. The van der Waals surface area contributed by atoms with Gasteiger partial charge in [-0.25, -0.2) is 9.18 Å². The van der Waals surface area contributed by atoms with Crippen LogP contribution in [0.25, 0.3) is 0 Å². The van der Waals surface area contributed by atoms with E-state index in [2.05, 4.69) is 0 Å². The van der Waals surface area contributed by atoms with Crippen molar-refractivity contribution in [2.24, 2.45) is 0 Å². The molecule has 6 nitrogen and oxygen atoms in total. The van der Waals surface area contributed by atoms with Crippen molar-refractivity contribution in [3.63, 3.8) is 0 Å². The van der Waals surface area contributed by atoms with Gasteiger partial charge in [-0.2, -0.15) is 0 Å². The lowest BCUT2D eigenvalue weighted by Crippen LogP contribution is -2.58. The minimum Gasteiger partial charge on any atom is -0.480 e. The Kier molecular flexibility index (Phi) is 4.75. The summed E-state index contributed by atoms with van der Waals surface area (Å²) in [5.74, 6) is -3.02. The van der Waals surface area contributed by atoms with Crippen LogP contribution in [0.5, 0.6) is 0 Å². The summed E-state index contributed by atoms with van der Waals surface area (Å²) in [5.41, 5.74) is 0.710. The quantitative estimate of drug-likeness (QED) is 0.818. The Morgan fingerprint density at radius 1 is 1.23 bits per heavy atom. The molecule has 1 saturated heterocycles. The zero-order valence-corrected chi connectivity index (χ0v) is 12.2. The molecule has 0 saturated carbocycles. The van der Waals surface area contributed by atoms with E-state index in [1.54, 1.807) is 19.1 Å². The second kappa shape index (κ2) is 6.55. The maximum absolute atomic E-state index is 12.9. The largest absolute Gasteiger partial charge is 0.480 e. The molecule has 1 unspecified atom stereocenters. The molecule has 0 bridgehead atoms. The molecule has 0 radical (unpaired) electrons. The maximum Gasteiger partial charge on any atom is 0.326 e. The van der Waals surface area contributed by atoms with E-state index in [1.807, 2.05) is 0 Å². The second-order valence-corrected chi connectivity index (χ2v) is 5.11. The Hall–Kier alpha value is -2.44. The van der Waals surface area contributed by atoms with Gasteiger partial charge in [0.25, 0.3) is 0 Å². The predicted octanol–water partition coefficient (Wildman–Crippen LogP) is 0.860. The Morgan fingerprint density at radius 3 is 2.41 bits per heavy atom. The van der Waals surface area contributed by atoms with E-state index in [1.165, 1.54) is 17.0 Å². The summed E-state index contributed by atoms with van der Waals surface area (Å²) in [6.45, 7) is 2.28. The van der Waals surface area contributed by atoms with Gasteiger partial charge in [-0.05, 0) is 24.1 Å². The maximum atomic E-state index is 12.9. The van der Waals surface area contributed by atoms with E-state index >= 15 is 0 Å². The summed E-state index contributed by atoms with van der Waals surface area (Å²) in [5, 5.41) is 9.10. The van der Waals surface area contributed by atoms with Gasteiger partial charge in [0.15, 0.2) is 0 Å². The van der Waals surface area contributed by atoms with Gasteiger partial charge in [0.2, 0.25) is 0 Å². The van der Waals surface area contributed by atoms with Crippen molar-refractivity contribution < 1.29 is 23.9 Å². The highest BCUT2D eigenvalue weighted by Crippen LogP contribution is 2.15. The molecule has 1 atom stereocenters. The van der Waals surface area contributed by atoms with Crippen molar-refractivity contribution in [2.45, 2.75) is 25.9 Å². The zero-order chi connectivity index (χ0) is 16.3. The number of halogens is 1. The fourth-order valence-corrected chi connectivity index (χ4v) is 2.48. The minimum absolute atomic E-state index is 0.177. The number of carboxylic acid groups (broad SMARTS) is 1. The van der Waals surface area contributed by atoms with Crippen LogP contribution in [0.2, 0.25) is 0 Å². The molecule has 0 aromatic heterocycles. The van der Waals surface area contributed by atoms with E-state index in [4.69, 9.17) is 5.11 Å². The first-order valence-electron chi connectivity index (χ1n) is 7.01. The summed E-state index contributed by atoms with van der Waals surface area (Å²) in [4.78, 5) is 37.8. The summed E-state index contributed by atoms with van der Waals surface area (Å²) < 4.78 is 12.9. The summed E-state index contributed by atoms with van der Waals surface area (Å²) in [6, 6.07) is 4.69. The van der Waals surface area contributed by atoms with Gasteiger partial charge >= 0.3 is 17.8 Å². The number of benzene rings is 1. The molecule has 1 heterocycles. The Balaban J connectivity index is 2.07. The van der Waals surface area contributed by atoms with Gasteiger partial charge in [-0.1, -0.05) is 19.1 Å². The molecule has 7 heteroatoms. The lowest BCUT2D eigenvalue weighted by atomic mass is 10.1. The van der Waals surface area contributed by atoms with E-state index in [-0.39, 0.29) is 31.9 Å². The predicted molar refractivity (Wildman–Crippen MR) is 75.2 cm³/mol. The average molecular weight is 308 g/mol. The van der Waals surface area contributed by atoms with Crippen molar-refractivity contribution in [1.29, 1.82) is 0 Å². The molecule has 1 N–H and O–H groups in total. The summed E-state index contributed by atoms with van der Waals surface area (Å²) in [6.07, 6.45) is 0.242. The summed E-state index contributed by atoms with van der Waals surface area (Å²) in [7, 11) is 0. The van der Waals surface area contributed by atoms with E-state index in [9.17, 15) is 18.8 Å². The number of hydrogen-bond acceptors (Lipinski definition) is 3. The molecule has 2 amide bonds. The van der Waals surface area contributed by atoms with E-state index < -0.39 is 23.8 Å². The van der Waals surface area contributed by atoms with Crippen LogP contribution in [0.1, 0.15) is 18.9 Å². The van der Waals surface area contributed by atoms with Crippen LogP contribution in [0.4, 0.5) is 4.39 Å². The molecule has 1 aromatic rings. The first kappa shape index (κ1) is 15.9. The monoisotopic (exact) mass is 308 g/mol. The van der Waals surface area contributed by atoms with Crippen LogP contribution >= 0.6 is 0 Å². The fraction of sp³-hybridized carbons (Fsp3) is 0.400. The van der Waals surface area contributed by atoms with Crippen LogP contribution in [0.15, 0.2) is 24.3 Å². The van der Waals surface area contributed by atoms with Gasteiger partial charge < -0.3 is 14.9 Å². The van der Waals surface area contributed by atoms with Crippen molar-refractivity contribution in [3.8, 4) is 0 Å². The highest BCUT2D eigenvalue weighted by molar-refractivity contribution is 6.35. The standard InChI is InChI=1S/C15H17FN2O4/c1-2-12(15(21)22)18-8-7-17(13(19)14(18)20)9-10-3-5-11(16)6-4-10/h3-6,12H,2,7-9H2,1H3,(H,21,22). The first-order chi connectivity index (χ1) is 10.4. The van der Waals surface area contributed by atoms with Gasteiger partial charge in [0.05, 0.1) is 0 Å². The van der Waals surface area contributed by atoms with Crippen molar-refractivity contribution in [1.82, 2.24) is 9.80 Å². The highest BCUT2D eigenvalue weighted by Gasteiger charge is 2.38. The Morgan fingerprint density at radius 2 is 1.86 bits per heavy atom.